The van der Waals surface area contributed by atoms with E-state index >= 15 is 0 Å². The number of carbonyl (C=O) groups excluding carboxylic acids is 1. The van der Waals surface area contributed by atoms with Gasteiger partial charge < -0.3 is 15.8 Å². The molecule has 0 aromatic carbocycles. The summed E-state index contributed by atoms with van der Waals surface area (Å²) in [4.78, 5) is 13.4. The molecule has 0 spiro atoms. The second-order valence-corrected chi connectivity index (χ2v) is 3.53. The van der Waals surface area contributed by atoms with Crippen LogP contribution in [-0.2, 0) is 9.53 Å². The van der Waals surface area contributed by atoms with Crippen molar-refractivity contribution in [3.8, 4) is 0 Å². The molecule has 98 valence electrons. The first kappa shape index (κ1) is 18.3. The van der Waals surface area contributed by atoms with Gasteiger partial charge in [-0.25, -0.2) is 0 Å². The first-order chi connectivity index (χ1) is 6.70. The molecule has 0 aliphatic carbocycles. The summed E-state index contributed by atoms with van der Waals surface area (Å²) < 4.78 is 5.22. The molecular formula is C9H21Cl2N3O2. The van der Waals surface area contributed by atoms with Gasteiger partial charge >= 0.3 is 0 Å². The quantitative estimate of drug-likeness (QED) is 0.733. The number of nitrogens with one attached hydrogen (secondary N) is 1. The molecule has 1 atom stereocenters. The Labute approximate surface area is 109 Å². The van der Waals surface area contributed by atoms with Gasteiger partial charge in [-0.3, -0.25) is 9.69 Å². The molecule has 1 aliphatic heterocycles. The first-order valence-electron chi connectivity index (χ1n) is 5.03. The van der Waals surface area contributed by atoms with E-state index in [9.17, 15) is 4.79 Å². The molecular weight excluding hydrogens is 253 g/mol. The van der Waals surface area contributed by atoms with Crippen molar-refractivity contribution in [2.45, 2.75) is 13.0 Å². The zero-order valence-electron chi connectivity index (χ0n) is 9.48. The van der Waals surface area contributed by atoms with Gasteiger partial charge in [-0.2, -0.15) is 0 Å². The van der Waals surface area contributed by atoms with Gasteiger partial charge in [0.1, 0.15) is 0 Å². The Bertz CT molecular complexity index is 188. The molecule has 1 heterocycles. The summed E-state index contributed by atoms with van der Waals surface area (Å²) in [7, 11) is 0. The largest absolute Gasteiger partial charge is 0.379 e. The van der Waals surface area contributed by atoms with Crippen molar-refractivity contribution in [3.63, 3.8) is 0 Å². The Balaban J connectivity index is 0. The third kappa shape index (κ3) is 7.24. The molecule has 0 unspecified atom stereocenters. The summed E-state index contributed by atoms with van der Waals surface area (Å²) in [6.07, 6.45) is 0. The highest BCUT2D eigenvalue weighted by Crippen LogP contribution is 1.94. The van der Waals surface area contributed by atoms with Crippen LogP contribution in [0.1, 0.15) is 6.92 Å². The number of nitrogens with zero attached hydrogens (tertiary/aromatic N) is 1. The van der Waals surface area contributed by atoms with Gasteiger partial charge in [-0.15, -0.1) is 24.8 Å². The predicted molar refractivity (Wildman–Crippen MR) is 68.4 cm³/mol. The van der Waals surface area contributed by atoms with Crippen LogP contribution in [0.15, 0.2) is 0 Å². The predicted octanol–water partition coefficient (Wildman–Crippen LogP) is -0.374. The minimum atomic E-state index is -0.417. The third-order valence-corrected chi connectivity index (χ3v) is 2.24. The minimum absolute atomic E-state index is 0. The van der Waals surface area contributed by atoms with Crippen molar-refractivity contribution in [3.05, 3.63) is 0 Å². The number of halogens is 2. The summed E-state index contributed by atoms with van der Waals surface area (Å²) in [6.45, 7) is 6.72. The molecule has 0 aromatic rings. The molecule has 1 fully saturated rings. The lowest BCUT2D eigenvalue weighted by Gasteiger charge is -2.26. The van der Waals surface area contributed by atoms with E-state index in [4.69, 9.17) is 10.5 Å². The highest BCUT2D eigenvalue weighted by atomic mass is 35.5. The van der Waals surface area contributed by atoms with Crippen LogP contribution in [0.3, 0.4) is 0 Å². The zero-order chi connectivity index (χ0) is 10.4. The maximum Gasteiger partial charge on any atom is 0.236 e. The van der Waals surface area contributed by atoms with E-state index in [0.29, 0.717) is 6.54 Å². The SMILES string of the molecule is C[C@@H](N)C(=O)NCCN1CCOCC1.Cl.Cl. The number of morpholine rings is 1. The molecule has 7 heteroatoms. The van der Waals surface area contributed by atoms with Gasteiger partial charge in [0, 0.05) is 26.2 Å². The van der Waals surface area contributed by atoms with E-state index in [1.807, 2.05) is 0 Å². The second kappa shape index (κ2) is 10.1. The average molecular weight is 274 g/mol. The smallest absolute Gasteiger partial charge is 0.236 e. The van der Waals surface area contributed by atoms with Crippen LogP contribution in [-0.4, -0.2) is 56.2 Å². The standard InChI is InChI=1S/C9H19N3O2.2ClH/c1-8(10)9(13)11-2-3-12-4-6-14-7-5-12;;/h8H,2-7,10H2,1H3,(H,11,13);2*1H/t8-;;/m1../s1. The van der Waals surface area contributed by atoms with Gasteiger partial charge in [0.15, 0.2) is 0 Å². The summed E-state index contributed by atoms with van der Waals surface area (Å²) in [6, 6.07) is -0.417. The van der Waals surface area contributed by atoms with E-state index in [2.05, 4.69) is 10.2 Å². The Kier molecular flexibility index (Phi) is 11.6. The summed E-state index contributed by atoms with van der Waals surface area (Å²) in [5.41, 5.74) is 5.41. The number of hydrogen-bond acceptors (Lipinski definition) is 4. The van der Waals surface area contributed by atoms with Crippen molar-refractivity contribution in [1.82, 2.24) is 10.2 Å². The Morgan fingerprint density at radius 2 is 2.00 bits per heavy atom. The van der Waals surface area contributed by atoms with Crippen molar-refractivity contribution >= 4 is 30.7 Å². The fourth-order valence-corrected chi connectivity index (χ4v) is 1.32. The second-order valence-electron chi connectivity index (χ2n) is 3.53. The molecule has 0 saturated carbocycles. The van der Waals surface area contributed by atoms with Crippen LogP contribution < -0.4 is 11.1 Å². The molecule has 0 aromatic heterocycles. The summed E-state index contributed by atoms with van der Waals surface area (Å²) in [5, 5.41) is 2.78. The van der Waals surface area contributed by atoms with Gasteiger partial charge in [0.2, 0.25) is 5.91 Å². The lowest BCUT2D eigenvalue weighted by atomic mass is 10.3. The van der Waals surface area contributed by atoms with Gasteiger partial charge in [-0.05, 0) is 6.92 Å². The topological polar surface area (TPSA) is 67.6 Å². The lowest BCUT2D eigenvalue weighted by Crippen LogP contribution is -2.44. The van der Waals surface area contributed by atoms with Crippen LogP contribution in [0.5, 0.6) is 0 Å². The maximum absolute atomic E-state index is 11.1. The van der Waals surface area contributed by atoms with Crippen LogP contribution >= 0.6 is 24.8 Å². The highest BCUT2D eigenvalue weighted by molar-refractivity contribution is 5.85. The zero-order valence-corrected chi connectivity index (χ0v) is 11.1. The molecule has 1 amide bonds. The highest BCUT2D eigenvalue weighted by Gasteiger charge is 2.11. The minimum Gasteiger partial charge on any atom is -0.379 e. The Morgan fingerprint density at radius 1 is 1.44 bits per heavy atom. The van der Waals surface area contributed by atoms with Crippen molar-refractivity contribution < 1.29 is 9.53 Å². The number of rotatable bonds is 4. The fourth-order valence-electron chi connectivity index (χ4n) is 1.32. The average Bonchev–Trinajstić information content (AvgIpc) is 2.19. The Morgan fingerprint density at radius 3 is 2.50 bits per heavy atom. The molecule has 1 rings (SSSR count). The number of nitrogens with two attached hydrogens (primary N) is 1. The van der Waals surface area contributed by atoms with Crippen molar-refractivity contribution in [2.75, 3.05) is 39.4 Å². The molecule has 0 radical (unpaired) electrons. The molecule has 5 nitrogen and oxygen atoms in total. The van der Waals surface area contributed by atoms with E-state index in [0.717, 1.165) is 32.8 Å². The number of amides is 1. The lowest BCUT2D eigenvalue weighted by molar-refractivity contribution is -0.122. The van der Waals surface area contributed by atoms with Gasteiger partial charge in [0.05, 0.1) is 19.3 Å². The van der Waals surface area contributed by atoms with Crippen molar-refractivity contribution in [2.24, 2.45) is 5.73 Å². The van der Waals surface area contributed by atoms with Crippen LogP contribution in [0, 0.1) is 0 Å². The number of hydrogen-bond donors (Lipinski definition) is 2. The van der Waals surface area contributed by atoms with Crippen molar-refractivity contribution in [1.29, 1.82) is 0 Å². The monoisotopic (exact) mass is 273 g/mol. The van der Waals surface area contributed by atoms with Crippen LogP contribution in [0.4, 0.5) is 0 Å². The Hall–Kier alpha value is -0.0700. The molecule has 1 aliphatic rings. The van der Waals surface area contributed by atoms with E-state index in [1.54, 1.807) is 6.92 Å². The maximum atomic E-state index is 11.1. The fraction of sp³-hybridized carbons (Fsp3) is 0.889. The number of ether oxygens (including phenoxy) is 1. The molecule has 16 heavy (non-hydrogen) atoms. The van der Waals surface area contributed by atoms with Crippen LogP contribution in [0.2, 0.25) is 0 Å². The normalized spacial score (nSPS) is 17.9. The van der Waals surface area contributed by atoms with E-state index in [1.165, 1.54) is 0 Å². The summed E-state index contributed by atoms with van der Waals surface area (Å²) >= 11 is 0. The van der Waals surface area contributed by atoms with Crippen LogP contribution in [0.25, 0.3) is 0 Å². The molecule has 0 bridgehead atoms. The van der Waals surface area contributed by atoms with Gasteiger partial charge in [-0.1, -0.05) is 0 Å². The van der Waals surface area contributed by atoms with Gasteiger partial charge in [0.25, 0.3) is 0 Å². The third-order valence-electron chi connectivity index (χ3n) is 2.24. The first-order valence-corrected chi connectivity index (χ1v) is 5.03. The van der Waals surface area contributed by atoms with E-state index in [-0.39, 0.29) is 30.7 Å². The number of carbonyl (C=O) groups is 1. The molecule has 3 N–H and O–H groups in total. The summed E-state index contributed by atoms with van der Waals surface area (Å²) in [5.74, 6) is -0.0849. The van der Waals surface area contributed by atoms with E-state index < -0.39 is 6.04 Å². The molecule has 1 saturated heterocycles.